The summed E-state index contributed by atoms with van der Waals surface area (Å²) in [6.45, 7) is 4.18. The second-order valence-corrected chi connectivity index (χ2v) is 5.14. The van der Waals surface area contributed by atoms with E-state index in [2.05, 4.69) is 0 Å². The van der Waals surface area contributed by atoms with Crippen molar-refractivity contribution >= 4 is 17.2 Å². The molecule has 2 N–H and O–H groups in total. The van der Waals surface area contributed by atoms with Gasteiger partial charge in [0.2, 0.25) is 0 Å². The predicted octanol–water partition coefficient (Wildman–Crippen LogP) is 3.66. The molecule has 0 saturated heterocycles. The average molecular weight is 289 g/mol. The lowest BCUT2D eigenvalue weighted by atomic mass is 10.1. The van der Waals surface area contributed by atoms with Gasteiger partial charge in [-0.1, -0.05) is 30.4 Å². The zero-order chi connectivity index (χ0) is 14.7. The van der Waals surface area contributed by atoms with Crippen molar-refractivity contribution in [2.75, 3.05) is 0 Å². The molecule has 0 saturated carbocycles. The van der Waals surface area contributed by atoms with Crippen LogP contribution in [0.3, 0.4) is 0 Å². The summed E-state index contributed by atoms with van der Waals surface area (Å²) in [4.78, 5) is 0.330. The van der Waals surface area contributed by atoms with Crippen LogP contribution >= 0.6 is 12.2 Å². The standard InChI is InChI=1S/C16H16FNOS/c1-10-4-6-14(17)7-13(10)9-19-15-8-12(16(18)20)5-3-11(15)2/h3-8H,9H2,1-2H3,(H2,18,20). The smallest absolute Gasteiger partial charge is 0.123 e. The molecule has 0 amide bonds. The van der Waals surface area contributed by atoms with E-state index in [1.165, 1.54) is 12.1 Å². The Labute approximate surface area is 123 Å². The summed E-state index contributed by atoms with van der Waals surface area (Å²) >= 11 is 4.95. The molecule has 0 aromatic heterocycles. The van der Waals surface area contributed by atoms with E-state index >= 15 is 0 Å². The Morgan fingerprint density at radius 2 is 1.85 bits per heavy atom. The van der Waals surface area contributed by atoms with Crippen molar-refractivity contribution in [3.63, 3.8) is 0 Å². The summed E-state index contributed by atoms with van der Waals surface area (Å²) < 4.78 is 19.0. The van der Waals surface area contributed by atoms with Crippen LogP contribution in [0.25, 0.3) is 0 Å². The fourth-order valence-electron chi connectivity index (χ4n) is 1.86. The van der Waals surface area contributed by atoms with Gasteiger partial charge in [0.1, 0.15) is 23.2 Å². The lowest BCUT2D eigenvalue weighted by Gasteiger charge is -2.12. The van der Waals surface area contributed by atoms with Crippen molar-refractivity contribution < 1.29 is 9.13 Å². The van der Waals surface area contributed by atoms with Crippen molar-refractivity contribution in [1.82, 2.24) is 0 Å². The van der Waals surface area contributed by atoms with Crippen LogP contribution in [-0.2, 0) is 6.61 Å². The van der Waals surface area contributed by atoms with Gasteiger partial charge in [0.05, 0.1) is 0 Å². The number of rotatable bonds is 4. The fourth-order valence-corrected chi connectivity index (χ4v) is 1.99. The molecule has 0 spiro atoms. The molecule has 0 unspecified atom stereocenters. The van der Waals surface area contributed by atoms with Crippen LogP contribution in [0.4, 0.5) is 4.39 Å². The summed E-state index contributed by atoms with van der Waals surface area (Å²) in [7, 11) is 0. The van der Waals surface area contributed by atoms with Crippen molar-refractivity contribution in [1.29, 1.82) is 0 Å². The van der Waals surface area contributed by atoms with Gasteiger partial charge in [0.15, 0.2) is 0 Å². The number of hydrogen-bond donors (Lipinski definition) is 1. The molecular weight excluding hydrogens is 273 g/mol. The van der Waals surface area contributed by atoms with Crippen LogP contribution in [0, 0.1) is 19.7 Å². The van der Waals surface area contributed by atoms with E-state index in [1.54, 1.807) is 6.07 Å². The van der Waals surface area contributed by atoms with Crippen LogP contribution in [0.2, 0.25) is 0 Å². The molecule has 0 bridgehead atoms. The first-order valence-electron chi connectivity index (χ1n) is 6.25. The van der Waals surface area contributed by atoms with Crippen molar-refractivity contribution in [2.24, 2.45) is 5.73 Å². The monoisotopic (exact) mass is 289 g/mol. The summed E-state index contributed by atoms with van der Waals surface area (Å²) in [5.41, 5.74) is 9.18. The van der Waals surface area contributed by atoms with Crippen molar-refractivity contribution in [3.8, 4) is 5.75 Å². The highest BCUT2D eigenvalue weighted by atomic mass is 32.1. The topological polar surface area (TPSA) is 35.2 Å². The van der Waals surface area contributed by atoms with E-state index in [1.807, 2.05) is 32.0 Å². The second-order valence-electron chi connectivity index (χ2n) is 4.70. The van der Waals surface area contributed by atoms with Gasteiger partial charge < -0.3 is 10.5 Å². The number of benzene rings is 2. The number of halogens is 1. The van der Waals surface area contributed by atoms with Crippen molar-refractivity contribution in [2.45, 2.75) is 20.5 Å². The Balaban J connectivity index is 2.20. The molecule has 4 heteroatoms. The maximum Gasteiger partial charge on any atom is 0.123 e. The minimum atomic E-state index is -0.261. The van der Waals surface area contributed by atoms with Crippen LogP contribution in [0.15, 0.2) is 36.4 Å². The second kappa shape index (κ2) is 6.01. The first kappa shape index (κ1) is 14.5. The van der Waals surface area contributed by atoms with Gasteiger partial charge in [0.25, 0.3) is 0 Å². The molecule has 0 aliphatic rings. The minimum Gasteiger partial charge on any atom is -0.489 e. The summed E-state index contributed by atoms with van der Waals surface area (Å²) in [6, 6.07) is 10.2. The van der Waals surface area contributed by atoms with Crippen LogP contribution in [0.1, 0.15) is 22.3 Å². The Bertz CT molecular complexity index is 655. The number of aryl methyl sites for hydroxylation is 2. The van der Waals surface area contributed by atoms with Gasteiger partial charge in [-0.2, -0.15) is 0 Å². The van der Waals surface area contributed by atoms with E-state index in [4.69, 9.17) is 22.7 Å². The maximum atomic E-state index is 13.2. The Hall–Kier alpha value is -1.94. The third kappa shape index (κ3) is 3.33. The lowest BCUT2D eigenvalue weighted by Crippen LogP contribution is -2.10. The first-order chi connectivity index (χ1) is 9.47. The van der Waals surface area contributed by atoms with Gasteiger partial charge in [0, 0.05) is 5.56 Å². The van der Waals surface area contributed by atoms with Crippen molar-refractivity contribution in [3.05, 3.63) is 64.5 Å². The molecule has 0 aliphatic carbocycles. The molecule has 2 aromatic carbocycles. The predicted molar refractivity (Wildman–Crippen MR) is 82.5 cm³/mol. The molecule has 2 rings (SSSR count). The largest absolute Gasteiger partial charge is 0.489 e. The highest BCUT2D eigenvalue weighted by Crippen LogP contribution is 2.22. The van der Waals surface area contributed by atoms with Gasteiger partial charge in [-0.15, -0.1) is 0 Å². The fraction of sp³-hybridized carbons (Fsp3) is 0.188. The van der Waals surface area contributed by atoms with E-state index < -0.39 is 0 Å². The minimum absolute atomic E-state index is 0.261. The highest BCUT2D eigenvalue weighted by Gasteiger charge is 2.06. The number of thiocarbonyl (C=S) groups is 1. The maximum absolute atomic E-state index is 13.2. The molecule has 0 heterocycles. The normalized spacial score (nSPS) is 10.3. The summed E-state index contributed by atoms with van der Waals surface area (Å²) in [5, 5.41) is 0. The van der Waals surface area contributed by atoms with Gasteiger partial charge in [-0.3, -0.25) is 0 Å². The Kier molecular flexibility index (Phi) is 4.35. The highest BCUT2D eigenvalue weighted by molar-refractivity contribution is 7.80. The molecule has 2 nitrogen and oxygen atoms in total. The molecule has 0 aliphatic heterocycles. The van der Waals surface area contributed by atoms with Gasteiger partial charge >= 0.3 is 0 Å². The molecule has 0 atom stereocenters. The summed E-state index contributed by atoms with van der Waals surface area (Å²) in [5.74, 6) is 0.446. The number of ether oxygens (including phenoxy) is 1. The van der Waals surface area contributed by atoms with E-state index in [0.29, 0.717) is 17.3 Å². The number of hydrogen-bond acceptors (Lipinski definition) is 2. The third-order valence-corrected chi connectivity index (χ3v) is 3.40. The first-order valence-corrected chi connectivity index (χ1v) is 6.66. The average Bonchev–Trinajstić information content (AvgIpc) is 2.41. The molecule has 20 heavy (non-hydrogen) atoms. The van der Waals surface area contributed by atoms with E-state index in [0.717, 1.165) is 22.3 Å². The third-order valence-electron chi connectivity index (χ3n) is 3.17. The zero-order valence-corrected chi connectivity index (χ0v) is 12.3. The lowest BCUT2D eigenvalue weighted by molar-refractivity contribution is 0.302. The van der Waals surface area contributed by atoms with E-state index in [-0.39, 0.29) is 5.82 Å². The molecule has 0 radical (unpaired) electrons. The Morgan fingerprint density at radius 1 is 1.15 bits per heavy atom. The van der Waals surface area contributed by atoms with Gasteiger partial charge in [-0.05, 0) is 48.7 Å². The van der Waals surface area contributed by atoms with Crippen LogP contribution in [0.5, 0.6) is 5.75 Å². The van der Waals surface area contributed by atoms with Crippen LogP contribution in [-0.4, -0.2) is 4.99 Å². The molecule has 0 fully saturated rings. The SMILES string of the molecule is Cc1ccc(F)cc1COc1cc(C(N)=S)ccc1C. The summed E-state index contributed by atoms with van der Waals surface area (Å²) in [6.07, 6.45) is 0. The van der Waals surface area contributed by atoms with E-state index in [9.17, 15) is 4.39 Å². The molecule has 2 aromatic rings. The van der Waals surface area contributed by atoms with Gasteiger partial charge in [-0.25, -0.2) is 4.39 Å². The molecule has 104 valence electrons. The number of nitrogens with two attached hydrogens (primary N) is 1. The molecular formula is C16H16FNOS. The van der Waals surface area contributed by atoms with Crippen LogP contribution < -0.4 is 10.5 Å². The Morgan fingerprint density at radius 3 is 2.55 bits per heavy atom. The quantitative estimate of drug-likeness (QED) is 0.873. The zero-order valence-electron chi connectivity index (χ0n) is 11.4.